The predicted octanol–water partition coefficient (Wildman–Crippen LogP) is 3.36. The van der Waals surface area contributed by atoms with E-state index in [2.05, 4.69) is 4.98 Å². The fourth-order valence-electron chi connectivity index (χ4n) is 1.44. The molecule has 6 heteroatoms. The first-order valence-corrected chi connectivity index (χ1v) is 5.44. The second kappa shape index (κ2) is 5.17. The molecule has 0 atom stereocenters. The molecular weight excluding hydrogens is 257 g/mol. The molecule has 0 saturated carbocycles. The molecule has 0 aliphatic carbocycles. The van der Waals surface area contributed by atoms with Crippen LogP contribution in [0.15, 0.2) is 30.3 Å². The summed E-state index contributed by atoms with van der Waals surface area (Å²) in [5.74, 6) is -4.14. The van der Waals surface area contributed by atoms with Crippen LogP contribution in [-0.4, -0.2) is 19.1 Å². The van der Waals surface area contributed by atoms with Crippen LogP contribution in [0.4, 0.5) is 18.9 Å². The molecule has 0 aliphatic heterocycles. The molecule has 1 aromatic heterocycles. The highest BCUT2D eigenvalue weighted by atomic mass is 19.2. The smallest absolute Gasteiger partial charge is 0.258 e. The molecule has 0 bridgehead atoms. The largest absolute Gasteiger partial charge is 0.436 e. The maximum absolute atomic E-state index is 13.4. The minimum absolute atomic E-state index is 0.281. The van der Waals surface area contributed by atoms with E-state index in [1.54, 1.807) is 18.2 Å². The standard InChI is InChI=1S/C13H11F3N2O/c1-18(2)8-4-3-5-9(6-8)19-13-11(15)7-10(14)12(16)17-13/h3-7H,1-2H3. The molecule has 0 saturated heterocycles. The SMILES string of the molecule is CN(C)c1cccc(Oc2nc(F)c(F)cc2F)c1. The fraction of sp³-hybridized carbons (Fsp3) is 0.154. The number of benzene rings is 1. The van der Waals surface area contributed by atoms with Crippen molar-refractivity contribution in [3.05, 3.63) is 47.9 Å². The molecule has 100 valence electrons. The normalized spacial score (nSPS) is 10.4. The zero-order valence-electron chi connectivity index (χ0n) is 10.3. The molecule has 0 aliphatic rings. The van der Waals surface area contributed by atoms with Gasteiger partial charge in [-0.05, 0) is 12.1 Å². The van der Waals surface area contributed by atoms with E-state index in [4.69, 9.17) is 4.74 Å². The lowest BCUT2D eigenvalue weighted by Crippen LogP contribution is -2.08. The highest BCUT2D eigenvalue weighted by Gasteiger charge is 2.13. The van der Waals surface area contributed by atoms with Crippen molar-refractivity contribution >= 4 is 5.69 Å². The Morgan fingerprint density at radius 2 is 1.79 bits per heavy atom. The molecule has 0 unspecified atom stereocenters. The van der Waals surface area contributed by atoms with Gasteiger partial charge in [0.05, 0.1) is 0 Å². The summed E-state index contributed by atoms with van der Waals surface area (Å²) in [6, 6.07) is 7.11. The van der Waals surface area contributed by atoms with Crippen LogP contribution in [0, 0.1) is 17.6 Å². The van der Waals surface area contributed by atoms with E-state index in [9.17, 15) is 13.2 Å². The van der Waals surface area contributed by atoms with Crippen molar-refractivity contribution in [2.24, 2.45) is 0 Å². The van der Waals surface area contributed by atoms with Crippen LogP contribution in [0.3, 0.4) is 0 Å². The zero-order chi connectivity index (χ0) is 14.0. The number of hydrogen-bond donors (Lipinski definition) is 0. The van der Waals surface area contributed by atoms with Crippen molar-refractivity contribution in [1.29, 1.82) is 0 Å². The molecule has 2 aromatic rings. The van der Waals surface area contributed by atoms with Crippen molar-refractivity contribution < 1.29 is 17.9 Å². The van der Waals surface area contributed by atoms with Crippen molar-refractivity contribution in [1.82, 2.24) is 4.98 Å². The van der Waals surface area contributed by atoms with Crippen LogP contribution in [0.5, 0.6) is 11.6 Å². The van der Waals surface area contributed by atoms with Gasteiger partial charge in [-0.2, -0.15) is 9.37 Å². The molecule has 0 fully saturated rings. The van der Waals surface area contributed by atoms with Crippen molar-refractivity contribution in [3.8, 4) is 11.6 Å². The van der Waals surface area contributed by atoms with Crippen molar-refractivity contribution in [2.75, 3.05) is 19.0 Å². The number of halogens is 3. The Morgan fingerprint density at radius 1 is 1.05 bits per heavy atom. The molecule has 2 rings (SSSR count). The summed E-state index contributed by atoms with van der Waals surface area (Å²) in [6.45, 7) is 0. The molecule has 19 heavy (non-hydrogen) atoms. The van der Waals surface area contributed by atoms with Crippen LogP contribution >= 0.6 is 0 Å². The van der Waals surface area contributed by atoms with Crippen LogP contribution in [0.25, 0.3) is 0 Å². The summed E-state index contributed by atoms with van der Waals surface area (Å²) >= 11 is 0. The summed E-state index contributed by atoms with van der Waals surface area (Å²) < 4.78 is 44.1. The number of nitrogens with zero attached hydrogens (tertiary/aromatic N) is 2. The number of rotatable bonds is 3. The monoisotopic (exact) mass is 268 g/mol. The zero-order valence-corrected chi connectivity index (χ0v) is 10.3. The number of anilines is 1. The lowest BCUT2D eigenvalue weighted by molar-refractivity contribution is 0.387. The van der Waals surface area contributed by atoms with E-state index < -0.39 is 23.5 Å². The maximum Gasteiger partial charge on any atom is 0.258 e. The number of ether oxygens (including phenoxy) is 1. The quantitative estimate of drug-likeness (QED) is 0.798. The van der Waals surface area contributed by atoms with Gasteiger partial charge in [-0.3, -0.25) is 0 Å². The van der Waals surface area contributed by atoms with E-state index in [0.29, 0.717) is 6.07 Å². The van der Waals surface area contributed by atoms with Crippen LogP contribution in [0.1, 0.15) is 0 Å². The van der Waals surface area contributed by atoms with E-state index >= 15 is 0 Å². The highest BCUT2D eigenvalue weighted by molar-refractivity contribution is 5.50. The minimum Gasteiger partial charge on any atom is -0.436 e. The number of aromatic nitrogens is 1. The third kappa shape index (κ3) is 2.96. The van der Waals surface area contributed by atoms with Gasteiger partial charge in [0, 0.05) is 31.9 Å². The Hall–Kier alpha value is -2.24. The summed E-state index contributed by atoms with van der Waals surface area (Å²) in [5, 5.41) is 0. The van der Waals surface area contributed by atoms with Gasteiger partial charge in [-0.25, -0.2) is 8.78 Å². The first-order chi connectivity index (χ1) is 8.97. The summed E-state index contributed by atoms with van der Waals surface area (Å²) in [4.78, 5) is 4.91. The third-order valence-electron chi connectivity index (χ3n) is 2.40. The maximum atomic E-state index is 13.4. The minimum atomic E-state index is -1.40. The Kier molecular flexibility index (Phi) is 3.59. The molecule has 3 nitrogen and oxygen atoms in total. The van der Waals surface area contributed by atoms with Gasteiger partial charge >= 0.3 is 0 Å². The van der Waals surface area contributed by atoms with Gasteiger partial charge in [-0.1, -0.05) is 6.07 Å². The Bertz CT molecular complexity index is 602. The lowest BCUT2D eigenvalue weighted by Gasteiger charge is -2.13. The average molecular weight is 268 g/mol. The Balaban J connectivity index is 2.31. The first kappa shape index (κ1) is 13.2. The fourth-order valence-corrected chi connectivity index (χ4v) is 1.44. The van der Waals surface area contributed by atoms with Gasteiger partial charge < -0.3 is 9.64 Å². The topological polar surface area (TPSA) is 25.4 Å². The van der Waals surface area contributed by atoms with Gasteiger partial charge in [0.2, 0.25) is 0 Å². The van der Waals surface area contributed by atoms with Crippen molar-refractivity contribution in [3.63, 3.8) is 0 Å². The van der Waals surface area contributed by atoms with Gasteiger partial charge in [0.1, 0.15) is 5.75 Å². The molecule has 0 N–H and O–H groups in total. The van der Waals surface area contributed by atoms with E-state index in [-0.39, 0.29) is 5.75 Å². The summed E-state index contributed by atoms with van der Waals surface area (Å²) in [5.41, 5.74) is 0.820. The van der Waals surface area contributed by atoms with E-state index in [0.717, 1.165) is 5.69 Å². The summed E-state index contributed by atoms with van der Waals surface area (Å²) in [6.07, 6.45) is 0. The Morgan fingerprint density at radius 3 is 2.47 bits per heavy atom. The van der Waals surface area contributed by atoms with E-state index in [1.807, 2.05) is 25.1 Å². The van der Waals surface area contributed by atoms with Gasteiger partial charge in [-0.15, -0.1) is 0 Å². The van der Waals surface area contributed by atoms with Gasteiger partial charge in [0.25, 0.3) is 11.8 Å². The second-order valence-corrected chi connectivity index (χ2v) is 4.04. The molecule has 0 spiro atoms. The van der Waals surface area contributed by atoms with Gasteiger partial charge in [0.15, 0.2) is 11.6 Å². The van der Waals surface area contributed by atoms with Crippen LogP contribution in [-0.2, 0) is 0 Å². The molecule has 1 heterocycles. The van der Waals surface area contributed by atoms with Crippen molar-refractivity contribution in [2.45, 2.75) is 0 Å². The molecule has 1 aromatic carbocycles. The summed E-state index contributed by atoms with van der Waals surface area (Å²) in [7, 11) is 3.66. The van der Waals surface area contributed by atoms with Crippen LogP contribution in [0.2, 0.25) is 0 Å². The molecule has 0 amide bonds. The third-order valence-corrected chi connectivity index (χ3v) is 2.40. The number of hydrogen-bond acceptors (Lipinski definition) is 3. The first-order valence-electron chi connectivity index (χ1n) is 5.44. The number of pyridine rings is 1. The second-order valence-electron chi connectivity index (χ2n) is 4.04. The molecule has 0 radical (unpaired) electrons. The average Bonchev–Trinajstić information content (AvgIpc) is 2.36. The predicted molar refractivity (Wildman–Crippen MR) is 65.0 cm³/mol. The molecular formula is C13H11F3N2O. The van der Waals surface area contributed by atoms with Crippen LogP contribution < -0.4 is 9.64 Å². The van der Waals surface area contributed by atoms with E-state index in [1.165, 1.54) is 0 Å². The highest BCUT2D eigenvalue weighted by Crippen LogP contribution is 2.26. The Labute approximate surface area is 108 Å². The lowest BCUT2D eigenvalue weighted by atomic mass is 10.3.